The van der Waals surface area contributed by atoms with Crippen molar-refractivity contribution in [2.45, 2.75) is 49.8 Å². The minimum absolute atomic E-state index is 0.000473. The van der Waals surface area contributed by atoms with Crippen molar-refractivity contribution >= 4 is 21.4 Å². The molecule has 1 fully saturated rings. The highest BCUT2D eigenvalue weighted by Gasteiger charge is 2.31. The van der Waals surface area contributed by atoms with E-state index >= 15 is 0 Å². The number of rotatable bonds is 6. The summed E-state index contributed by atoms with van der Waals surface area (Å²) >= 11 is 0. The molecule has 1 saturated heterocycles. The van der Waals surface area contributed by atoms with E-state index in [9.17, 15) is 17.6 Å². The molecule has 3 atom stereocenters. The summed E-state index contributed by atoms with van der Waals surface area (Å²) in [4.78, 5) is 21.5. The highest BCUT2D eigenvalue weighted by atomic mass is 32.2. The van der Waals surface area contributed by atoms with E-state index in [1.54, 1.807) is 12.3 Å². The molecule has 0 saturated carbocycles. The number of sulfone groups is 1. The average molecular weight is 513 g/mol. The predicted octanol–water partition coefficient (Wildman–Crippen LogP) is 4.14. The molecule has 8 nitrogen and oxygen atoms in total. The van der Waals surface area contributed by atoms with Gasteiger partial charge in [0.1, 0.15) is 17.2 Å². The highest BCUT2D eigenvalue weighted by molar-refractivity contribution is 7.90. The zero-order chi connectivity index (χ0) is 26.0. The smallest absolute Gasteiger partial charge is 0.274 e. The number of pyridine rings is 2. The molecule has 10 heteroatoms. The Hall–Kier alpha value is -3.21. The van der Waals surface area contributed by atoms with Gasteiger partial charge in [-0.3, -0.25) is 9.78 Å². The summed E-state index contributed by atoms with van der Waals surface area (Å²) in [6.45, 7) is 4.16. The SMILES string of the molecule is CC(C)[C@@H]1C[C@H](N)C[C@H](c2ccncc2NC(=O)c2ccc(F)c(-c3cccc(S(C)(=O)=O)c3)n2)O1. The Morgan fingerprint density at radius 1 is 1.19 bits per heavy atom. The average Bonchev–Trinajstić information content (AvgIpc) is 2.83. The van der Waals surface area contributed by atoms with Crippen LogP contribution in [0, 0.1) is 11.7 Å². The van der Waals surface area contributed by atoms with E-state index < -0.39 is 21.6 Å². The van der Waals surface area contributed by atoms with Crippen LogP contribution in [0.5, 0.6) is 0 Å². The molecule has 1 aliphatic heterocycles. The fourth-order valence-electron chi connectivity index (χ4n) is 4.24. The second-order valence-electron chi connectivity index (χ2n) is 9.38. The van der Waals surface area contributed by atoms with Gasteiger partial charge in [0, 0.05) is 29.6 Å². The van der Waals surface area contributed by atoms with Gasteiger partial charge in [-0.15, -0.1) is 0 Å². The summed E-state index contributed by atoms with van der Waals surface area (Å²) in [7, 11) is -3.50. The minimum Gasteiger partial charge on any atom is -0.370 e. The maximum atomic E-state index is 14.6. The van der Waals surface area contributed by atoms with Gasteiger partial charge in [0.25, 0.3) is 5.91 Å². The Morgan fingerprint density at radius 3 is 2.69 bits per heavy atom. The van der Waals surface area contributed by atoms with Crippen molar-refractivity contribution in [2.75, 3.05) is 11.6 Å². The summed E-state index contributed by atoms with van der Waals surface area (Å²) in [5.74, 6) is -0.948. The lowest BCUT2D eigenvalue weighted by Crippen LogP contribution is -2.39. The number of anilines is 1. The first-order valence-corrected chi connectivity index (χ1v) is 13.6. The van der Waals surface area contributed by atoms with Crippen LogP contribution in [0.4, 0.5) is 10.1 Å². The number of benzene rings is 1. The standard InChI is InChI=1S/C26H29FN4O4S/c1-15(2)23-12-17(28)13-24(35-23)19-9-10-29-14-22(19)31-26(32)21-8-7-20(27)25(30-21)16-5-4-6-18(11-16)36(3,33)34/h4-11,14-15,17,23-24H,12-13,28H2,1-3H3,(H,31,32)/t17-,23-,24+/m0/s1. The zero-order valence-electron chi connectivity index (χ0n) is 20.3. The van der Waals surface area contributed by atoms with Crippen molar-refractivity contribution in [3.8, 4) is 11.3 Å². The molecular formula is C26H29FN4O4S. The molecule has 2 aromatic heterocycles. The third-order valence-corrected chi connectivity index (χ3v) is 7.31. The summed E-state index contributed by atoms with van der Waals surface area (Å²) in [6, 6.07) is 9.94. The van der Waals surface area contributed by atoms with Crippen molar-refractivity contribution in [3.63, 3.8) is 0 Å². The van der Waals surface area contributed by atoms with Crippen LogP contribution in [0.2, 0.25) is 0 Å². The van der Waals surface area contributed by atoms with E-state index in [1.165, 1.54) is 36.5 Å². The third kappa shape index (κ3) is 5.77. The number of nitrogens with one attached hydrogen (secondary N) is 1. The second kappa shape index (κ2) is 10.4. The Balaban J connectivity index is 1.62. The molecule has 190 valence electrons. The summed E-state index contributed by atoms with van der Waals surface area (Å²) < 4.78 is 44.8. The molecule has 0 bridgehead atoms. The number of carbonyl (C=O) groups excluding carboxylic acids is 1. The zero-order valence-corrected chi connectivity index (χ0v) is 21.1. The maximum Gasteiger partial charge on any atom is 0.274 e. The first-order chi connectivity index (χ1) is 17.0. The lowest BCUT2D eigenvalue weighted by molar-refractivity contribution is -0.0787. The molecule has 3 heterocycles. The largest absolute Gasteiger partial charge is 0.370 e. The number of nitrogens with two attached hydrogens (primary N) is 1. The predicted molar refractivity (Wildman–Crippen MR) is 135 cm³/mol. The van der Waals surface area contributed by atoms with Gasteiger partial charge in [-0.1, -0.05) is 26.0 Å². The number of carbonyl (C=O) groups is 1. The molecule has 3 N–H and O–H groups in total. The Morgan fingerprint density at radius 2 is 1.97 bits per heavy atom. The van der Waals surface area contributed by atoms with E-state index in [-0.39, 0.29) is 40.1 Å². The van der Waals surface area contributed by atoms with Gasteiger partial charge in [-0.25, -0.2) is 17.8 Å². The molecule has 0 spiro atoms. The van der Waals surface area contributed by atoms with Crippen LogP contribution in [0.3, 0.4) is 0 Å². The first kappa shape index (κ1) is 25.9. The first-order valence-electron chi connectivity index (χ1n) is 11.7. The molecule has 36 heavy (non-hydrogen) atoms. The number of halogens is 1. The van der Waals surface area contributed by atoms with E-state index in [4.69, 9.17) is 10.5 Å². The minimum atomic E-state index is -3.50. The van der Waals surface area contributed by atoms with Crippen LogP contribution in [-0.4, -0.2) is 42.7 Å². The Kier molecular flexibility index (Phi) is 7.49. The van der Waals surface area contributed by atoms with Crippen molar-refractivity contribution in [3.05, 3.63) is 71.9 Å². The van der Waals surface area contributed by atoms with E-state index in [1.807, 2.05) is 0 Å². The molecule has 3 aromatic rings. The molecule has 0 unspecified atom stereocenters. The molecule has 0 radical (unpaired) electrons. The summed E-state index contributed by atoms with van der Waals surface area (Å²) in [5, 5.41) is 2.81. The van der Waals surface area contributed by atoms with Crippen molar-refractivity contribution in [2.24, 2.45) is 11.7 Å². The quantitative estimate of drug-likeness (QED) is 0.509. The Labute approximate surface area is 210 Å². The molecule has 0 aliphatic carbocycles. The van der Waals surface area contributed by atoms with Gasteiger partial charge in [-0.2, -0.15) is 0 Å². The fourth-order valence-corrected chi connectivity index (χ4v) is 4.91. The van der Waals surface area contributed by atoms with Gasteiger partial charge < -0.3 is 15.8 Å². The van der Waals surface area contributed by atoms with Crippen molar-refractivity contribution < 1.29 is 22.3 Å². The fraction of sp³-hybridized carbons (Fsp3) is 0.346. The topological polar surface area (TPSA) is 124 Å². The molecule has 1 aromatic carbocycles. The van der Waals surface area contributed by atoms with Crippen molar-refractivity contribution in [1.29, 1.82) is 0 Å². The lowest BCUT2D eigenvalue weighted by Gasteiger charge is -2.36. The van der Waals surface area contributed by atoms with E-state index in [0.717, 1.165) is 24.3 Å². The van der Waals surface area contributed by atoms with Crippen LogP contribution in [0.1, 0.15) is 48.8 Å². The number of amides is 1. The van der Waals surface area contributed by atoms with Crippen LogP contribution < -0.4 is 11.1 Å². The van der Waals surface area contributed by atoms with Crippen molar-refractivity contribution in [1.82, 2.24) is 9.97 Å². The number of hydrogen-bond acceptors (Lipinski definition) is 7. The highest BCUT2D eigenvalue weighted by Crippen LogP contribution is 2.36. The molecule has 1 amide bonds. The van der Waals surface area contributed by atoms with Crippen LogP contribution in [-0.2, 0) is 14.6 Å². The monoisotopic (exact) mass is 512 g/mol. The van der Waals surface area contributed by atoms with Gasteiger partial charge in [0.05, 0.1) is 29.0 Å². The number of hydrogen-bond donors (Lipinski definition) is 2. The van der Waals surface area contributed by atoms with E-state index in [0.29, 0.717) is 18.0 Å². The van der Waals surface area contributed by atoms with Crippen LogP contribution in [0.15, 0.2) is 59.8 Å². The third-order valence-electron chi connectivity index (χ3n) is 6.20. The normalized spacial score (nSPS) is 20.3. The summed E-state index contributed by atoms with van der Waals surface area (Å²) in [5.41, 5.74) is 7.58. The lowest BCUT2D eigenvalue weighted by atomic mass is 9.90. The van der Waals surface area contributed by atoms with Crippen LogP contribution in [0.25, 0.3) is 11.3 Å². The molecular weight excluding hydrogens is 483 g/mol. The molecule has 4 rings (SSSR count). The number of nitrogens with zero attached hydrogens (tertiary/aromatic N) is 2. The molecule has 1 aliphatic rings. The Bertz CT molecular complexity index is 1380. The van der Waals surface area contributed by atoms with E-state index in [2.05, 4.69) is 29.1 Å². The summed E-state index contributed by atoms with van der Waals surface area (Å²) in [6.07, 6.45) is 5.28. The van der Waals surface area contributed by atoms with Crippen LogP contribution >= 0.6 is 0 Å². The van der Waals surface area contributed by atoms with Gasteiger partial charge in [-0.05, 0) is 49.1 Å². The second-order valence-corrected chi connectivity index (χ2v) is 11.4. The van der Waals surface area contributed by atoms with Gasteiger partial charge in [0.15, 0.2) is 9.84 Å². The van der Waals surface area contributed by atoms with Gasteiger partial charge in [0.2, 0.25) is 0 Å². The van der Waals surface area contributed by atoms with Gasteiger partial charge >= 0.3 is 0 Å². The number of aromatic nitrogens is 2. The number of ether oxygens (including phenoxy) is 1. The maximum absolute atomic E-state index is 14.6.